The van der Waals surface area contributed by atoms with E-state index in [4.69, 9.17) is 5.11 Å². The first-order valence-corrected chi connectivity index (χ1v) is 7.18. The van der Waals surface area contributed by atoms with Crippen LogP contribution in [0.1, 0.15) is 19.3 Å². The van der Waals surface area contributed by atoms with Crippen molar-refractivity contribution in [1.82, 2.24) is 10.2 Å². The van der Waals surface area contributed by atoms with Crippen molar-refractivity contribution in [3.63, 3.8) is 0 Å². The Morgan fingerprint density at radius 2 is 2.24 bits per heavy atom. The van der Waals surface area contributed by atoms with Gasteiger partial charge in [0.25, 0.3) is 0 Å². The molecule has 2 unspecified atom stereocenters. The molecule has 1 aromatic heterocycles. The Balaban J connectivity index is 2.02. The van der Waals surface area contributed by atoms with Gasteiger partial charge in [-0.3, -0.25) is 4.79 Å². The lowest BCUT2D eigenvalue weighted by Gasteiger charge is -2.12. The van der Waals surface area contributed by atoms with Crippen LogP contribution in [0.15, 0.2) is 4.34 Å². The summed E-state index contributed by atoms with van der Waals surface area (Å²) in [7, 11) is 3.84. The molecule has 7 heteroatoms. The molecule has 1 aliphatic carbocycles. The molecule has 0 bridgehead atoms. The number of hydrogen-bond donors (Lipinski definition) is 1. The van der Waals surface area contributed by atoms with Crippen molar-refractivity contribution in [2.75, 3.05) is 19.0 Å². The Morgan fingerprint density at radius 1 is 1.47 bits per heavy atom. The SMILES string of the molecule is CN(C)c1nnc(SC2CCCC2C(=O)O)s1. The number of carbonyl (C=O) groups is 1. The van der Waals surface area contributed by atoms with Crippen LogP contribution in [0.5, 0.6) is 0 Å². The van der Waals surface area contributed by atoms with Crippen LogP contribution in [0, 0.1) is 5.92 Å². The summed E-state index contributed by atoms with van der Waals surface area (Å²) in [6.07, 6.45) is 2.73. The molecule has 0 amide bonds. The smallest absolute Gasteiger partial charge is 0.307 e. The van der Waals surface area contributed by atoms with Crippen LogP contribution >= 0.6 is 23.1 Å². The summed E-state index contributed by atoms with van der Waals surface area (Å²) < 4.78 is 0.867. The predicted molar refractivity (Wildman–Crippen MR) is 68.9 cm³/mol. The first kappa shape index (κ1) is 12.6. The molecule has 1 fully saturated rings. The molecule has 5 nitrogen and oxygen atoms in total. The van der Waals surface area contributed by atoms with Crippen LogP contribution < -0.4 is 4.90 Å². The average molecular weight is 273 g/mol. The van der Waals surface area contributed by atoms with Crippen molar-refractivity contribution in [1.29, 1.82) is 0 Å². The molecule has 1 heterocycles. The quantitative estimate of drug-likeness (QED) is 0.904. The van der Waals surface area contributed by atoms with E-state index >= 15 is 0 Å². The second-order valence-corrected chi connectivity index (χ2v) is 6.72. The molecule has 0 aliphatic heterocycles. The molecule has 2 atom stereocenters. The largest absolute Gasteiger partial charge is 0.481 e. The number of hydrogen-bond acceptors (Lipinski definition) is 6. The Labute approximate surface area is 108 Å². The molecule has 17 heavy (non-hydrogen) atoms. The fourth-order valence-corrected chi connectivity index (χ4v) is 4.25. The van der Waals surface area contributed by atoms with Crippen LogP contribution in [-0.2, 0) is 4.79 Å². The van der Waals surface area contributed by atoms with Gasteiger partial charge in [0.1, 0.15) is 0 Å². The average Bonchev–Trinajstić information content (AvgIpc) is 2.86. The Hall–Kier alpha value is -0.820. The molecular weight excluding hydrogens is 258 g/mol. The molecule has 1 saturated carbocycles. The third-order valence-electron chi connectivity index (χ3n) is 2.80. The summed E-state index contributed by atoms with van der Waals surface area (Å²) in [6, 6.07) is 0. The van der Waals surface area contributed by atoms with E-state index in [0.717, 1.165) is 28.7 Å². The van der Waals surface area contributed by atoms with E-state index in [1.807, 2.05) is 19.0 Å². The van der Waals surface area contributed by atoms with Crippen LogP contribution in [0.25, 0.3) is 0 Å². The topological polar surface area (TPSA) is 66.3 Å². The fourth-order valence-electron chi connectivity index (χ4n) is 1.91. The number of thioether (sulfide) groups is 1. The van der Waals surface area contributed by atoms with Gasteiger partial charge in [0.2, 0.25) is 5.13 Å². The standard InChI is InChI=1S/C10H15N3O2S2/c1-13(2)9-11-12-10(17-9)16-7-5-3-4-6(7)8(14)15/h6-7H,3-5H2,1-2H3,(H,14,15). The van der Waals surface area contributed by atoms with Crippen LogP contribution in [0.3, 0.4) is 0 Å². The van der Waals surface area contributed by atoms with E-state index in [2.05, 4.69) is 10.2 Å². The van der Waals surface area contributed by atoms with Crippen molar-refractivity contribution in [3.05, 3.63) is 0 Å². The molecule has 94 valence electrons. The first-order valence-electron chi connectivity index (χ1n) is 5.48. The molecule has 0 radical (unpaired) electrons. The predicted octanol–water partition coefficient (Wildman–Crippen LogP) is 1.95. The van der Waals surface area contributed by atoms with Crippen molar-refractivity contribution < 1.29 is 9.90 Å². The Kier molecular flexibility index (Phi) is 3.88. The third-order valence-corrected chi connectivity index (χ3v) is 5.37. The number of carboxylic acids is 1. The number of carboxylic acid groups (broad SMARTS) is 1. The van der Waals surface area contributed by atoms with Crippen molar-refractivity contribution in [2.24, 2.45) is 5.92 Å². The molecule has 0 saturated heterocycles. The molecule has 2 rings (SSSR count). The summed E-state index contributed by atoms with van der Waals surface area (Å²) in [5, 5.41) is 18.3. The maximum Gasteiger partial charge on any atom is 0.307 e. The molecular formula is C10H15N3O2S2. The highest BCUT2D eigenvalue weighted by atomic mass is 32.2. The van der Waals surface area contributed by atoms with Gasteiger partial charge in [-0.1, -0.05) is 29.5 Å². The minimum Gasteiger partial charge on any atom is -0.481 e. The van der Waals surface area contributed by atoms with Crippen LogP contribution in [-0.4, -0.2) is 40.6 Å². The molecule has 0 spiro atoms. The lowest BCUT2D eigenvalue weighted by atomic mass is 10.1. The summed E-state index contributed by atoms with van der Waals surface area (Å²) in [5.41, 5.74) is 0. The lowest BCUT2D eigenvalue weighted by Crippen LogP contribution is -2.19. The van der Waals surface area contributed by atoms with Gasteiger partial charge in [-0.25, -0.2) is 0 Å². The van der Waals surface area contributed by atoms with E-state index in [1.165, 1.54) is 11.3 Å². The maximum absolute atomic E-state index is 11.1. The molecule has 1 N–H and O–H groups in total. The van der Waals surface area contributed by atoms with Crippen molar-refractivity contribution in [2.45, 2.75) is 28.9 Å². The van der Waals surface area contributed by atoms with Crippen LogP contribution in [0.4, 0.5) is 5.13 Å². The van der Waals surface area contributed by atoms with E-state index in [-0.39, 0.29) is 11.2 Å². The number of anilines is 1. The van der Waals surface area contributed by atoms with E-state index in [0.29, 0.717) is 0 Å². The fraction of sp³-hybridized carbons (Fsp3) is 0.700. The summed E-state index contributed by atoms with van der Waals surface area (Å²) in [4.78, 5) is 13.0. The minimum atomic E-state index is -0.683. The van der Waals surface area contributed by atoms with Gasteiger partial charge in [0, 0.05) is 19.3 Å². The van der Waals surface area contributed by atoms with Gasteiger partial charge in [-0.05, 0) is 12.8 Å². The highest BCUT2D eigenvalue weighted by molar-refractivity contribution is 8.01. The molecule has 0 aromatic carbocycles. The second-order valence-electron chi connectivity index (χ2n) is 4.28. The highest BCUT2D eigenvalue weighted by Gasteiger charge is 2.34. The highest BCUT2D eigenvalue weighted by Crippen LogP contribution is 2.40. The van der Waals surface area contributed by atoms with Crippen molar-refractivity contribution in [3.8, 4) is 0 Å². The normalized spacial score (nSPS) is 23.9. The van der Waals surface area contributed by atoms with Gasteiger partial charge in [-0.15, -0.1) is 10.2 Å². The van der Waals surface area contributed by atoms with E-state index in [9.17, 15) is 4.79 Å². The number of nitrogens with zero attached hydrogens (tertiary/aromatic N) is 3. The number of aromatic nitrogens is 2. The van der Waals surface area contributed by atoms with Gasteiger partial charge in [0.15, 0.2) is 4.34 Å². The van der Waals surface area contributed by atoms with E-state index in [1.54, 1.807) is 11.8 Å². The lowest BCUT2D eigenvalue weighted by molar-refractivity contribution is -0.141. The summed E-state index contributed by atoms with van der Waals surface area (Å²) >= 11 is 3.08. The van der Waals surface area contributed by atoms with Gasteiger partial charge >= 0.3 is 5.97 Å². The van der Waals surface area contributed by atoms with E-state index < -0.39 is 5.97 Å². The summed E-state index contributed by atoms with van der Waals surface area (Å²) in [6.45, 7) is 0. The number of aliphatic carboxylic acids is 1. The Bertz CT molecular complexity index is 408. The van der Waals surface area contributed by atoms with Crippen LogP contribution in [0.2, 0.25) is 0 Å². The summed E-state index contributed by atoms with van der Waals surface area (Å²) in [5.74, 6) is -0.913. The Morgan fingerprint density at radius 3 is 2.82 bits per heavy atom. The zero-order valence-electron chi connectivity index (χ0n) is 9.79. The second kappa shape index (κ2) is 5.22. The van der Waals surface area contributed by atoms with Gasteiger partial charge in [-0.2, -0.15) is 0 Å². The zero-order chi connectivity index (χ0) is 12.4. The third kappa shape index (κ3) is 2.90. The van der Waals surface area contributed by atoms with Gasteiger partial charge in [0.05, 0.1) is 5.92 Å². The minimum absolute atomic E-state index is 0.149. The monoisotopic (exact) mass is 273 g/mol. The van der Waals surface area contributed by atoms with Crippen molar-refractivity contribution >= 4 is 34.2 Å². The maximum atomic E-state index is 11.1. The first-order chi connectivity index (χ1) is 8.08. The van der Waals surface area contributed by atoms with Gasteiger partial charge < -0.3 is 10.0 Å². The number of rotatable bonds is 4. The zero-order valence-corrected chi connectivity index (χ0v) is 11.4. The molecule has 1 aromatic rings. The molecule has 1 aliphatic rings.